The van der Waals surface area contributed by atoms with E-state index in [1.807, 2.05) is 18.2 Å². The van der Waals surface area contributed by atoms with Crippen molar-refractivity contribution in [2.45, 2.75) is 72.5 Å². The van der Waals surface area contributed by atoms with Gasteiger partial charge in [-0.05, 0) is 63.0 Å². The topological polar surface area (TPSA) is 26.3 Å². The molecule has 2 rings (SSSR count). The first kappa shape index (κ1) is 20.6. The van der Waals surface area contributed by atoms with Gasteiger partial charge in [-0.1, -0.05) is 61.4 Å². The average Bonchev–Trinajstić information content (AvgIpc) is 2.60. The molecule has 1 saturated carbocycles. The molecule has 142 valence electrons. The fourth-order valence-electron chi connectivity index (χ4n) is 4.31. The lowest BCUT2D eigenvalue weighted by molar-refractivity contribution is -0.129. The van der Waals surface area contributed by atoms with Crippen molar-refractivity contribution >= 4 is 6.29 Å². The highest BCUT2D eigenvalue weighted by molar-refractivity contribution is 5.56. The minimum Gasteiger partial charge on any atom is -0.373 e. The van der Waals surface area contributed by atoms with Gasteiger partial charge in [0.1, 0.15) is 6.29 Å². The quantitative estimate of drug-likeness (QED) is 0.406. The van der Waals surface area contributed by atoms with Crippen molar-refractivity contribution in [3.63, 3.8) is 0 Å². The molecular formula is C24H34O2. The van der Waals surface area contributed by atoms with E-state index in [9.17, 15) is 4.79 Å². The molecule has 0 amide bonds. The first-order valence-corrected chi connectivity index (χ1v) is 9.80. The number of hydrogen-bond donors (Lipinski definition) is 0. The standard InChI is InChI=1S/C24H34O2/c1-18(2)21(19(3)4)13-15-24(5)14-9-12-23(22(24)16-25)26-17-20-10-7-6-8-11-20/h6-8,10-11,16,22-23H,1,9,12-15,17H2,2-5H3/t22-,23-,24+/m1/s1. The third-order valence-corrected chi connectivity index (χ3v) is 5.96. The van der Waals surface area contributed by atoms with E-state index >= 15 is 0 Å². The zero-order valence-electron chi connectivity index (χ0n) is 16.9. The van der Waals surface area contributed by atoms with E-state index in [0.717, 1.165) is 44.0 Å². The van der Waals surface area contributed by atoms with Crippen molar-refractivity contribution in [1.29, 1.82) is 0 Å². The van der Waals surface area contributed by atoms with Gasteiger partial charge < -0.3 is 9.53 Å². The van der Waals surface area contributed by atoms with Gasteiger partial charge in [0, 0.05) is 5.92 Å². The van der Waals surface area contributed by atoms with Crippen molar-refractivity contribution < 1.29 is 9.53 Å². The predicted molar refractivity (Wildman–Crippen MR) is 109 cm³/mol. The zero-order valence-corrected chi connectivity index (χ0v) is 16.9. The number of rotatable bonds is 8. The van der Waals surface area contributed by atoms with Crippen LogP contribution in [0.3, 0.4) is 0 Å². The van der Waals surface area contributed by atoms with Crippen LogP contribution in [0.1, 0.15) is 65.4 Å². The highest BCUT2D eigenvalue weighted by atomic mass is 16.5. The lowest BCUT2D eigenvalue weighted by Gasteiger charge is -2.43. The summed E-state index contributed by atoms with van der Waals surface area (Å²) >= 11 is 0. The Labute approximate surface area is 159 Å². The molecule has 0 saturated heterocycles. The Kier molecular flexibility index (Phi) is 7.40. The molecule has 0 unspecified atom stereocenters. The third-order valence-electron chi connectivity index (χ3n) is 5.96. The normalized spacial score (nSPS) is 25.5. The summed E-state index contributed by atoms with van der Waals surface area (Å²) in [4.78, 5) is 12.0. The molecule has 1 aromatic carbocycles. The second-order valence-electron chi connectivity index (χ2n) is 8.30. The van der Waals surface area contributed by atoms with Gasteiger partial charge in [0.05, 0.1) is 12.7 Å². The molecule has 0 radical (unpaired) electrons. The first-order valence-electron chi connectivity index (χ1n) is 9.80. The molecule has 0 bridgehead atoms. The first-order chi connectivity index (χ1) is 12.4. The number of ether oxygens (including phenoxy) is 1. The molecule has 2 nitrogen and oxygen atoms in total. The van der Waals surface area contributed by atoms with Crippen LogP contribution in [0.5, 0.6) is 0 Å². The van der Waals surface area contributed by atoms with Crippen LogP contribution < -0.4 is 0 Å². The number of hydrogen-bond acceptors (Lipinski definition) is 2. The van der Waals surface area contributed by atoms with Crippen LogP contribution in [0.4, 0.5) is 0 Å². The third kappa shape index (κ3) is 5.17. The number of benzene rings is 1. The van der Waals surface area contributed by atoms with E-state index in [1.165, 1.54) is 16.7 Å². The SMILES string of the molecule is C=C(C)C(CC[C@]1(C)CCC[C@@H](OCc2ccccc2)[C@H]1C=O)=C(C)C. The van der Waals surface area contributed by atoms with Gasteiger partial charge in [0.15, 0.2) is 0 Å². The van der Waals surface area contributed by atoms with Gasteiger partial charge in [-0.3, -0.25) is 0 Å². The summed E-state index contributed by atoms with van der Waals surface area (Å²) in [6, 6.07) is 10.2. The Hall–Kier alpha value is -1.67. The van der Waals surface area contributed by atoms with Crippen LogP contribution in [0, 0.1) is 11.3 Å². The van der Waals surface area contributed by atoms with Crippen LogP contribution in [-0.2, 0) is 16.1 Å². The summed E-state index contributed by atoms with van der Waals surface area (Å²) in [5.74, 6) is -0.0384. The number of carbonyl (C=O) groups is 1. The number of allylic oxidation sites excluding steroid dienone is 3. The van der Waals surface area contributed by atoms with Gasteiger partial charge in [0.2, 0.25) is 0 Å². The van der Waals surface area contributed by atoms with Crippen LogP contribution >= 0.6 is 0 Å². The largest absolute Gasteiger partial charge is 0.373 e. The Morgan fingerprint density at radius 2 is 1.96 bits per heavy atom. The fraction of sp³-hybridized carbons (Fsp3) is 0.542. The molecular weight excluding hydrogens is 320 g/mol. The van der Waals surface area contributed by atoms with Crippen molar-refractivity contribution in [3.8, 4) is 0 Å². The van der Waals surface area contributed by atoms with Crippen LogP contribution in [-0.4, -0.2) is 12.4 Å². The fourth-order valence-corrected chi connectivity index (χ4v) is 4.31. The number of aldehydes is 1. The Bertz CT molecular complexity index is 639. The van der Waals surface area contributed by atoms with Gasteiger partial charge in [-0.25, -0.2) is 0 Å². The van der Waals surface area contributed by atoms with Crippen LogP contribution in [0.15, 0.2) is 53.6 Å². The van der Waals surface area contributed by atoms with Crippen LogP contribution in [0.2, 0.25) is 0 Å². The van der Waals surface area contributed by atoms with Gasteiger partial charge in [0.25, 0.3) is 0 Å². The van der Waals surface area contributed by atoms with Crippen molar-refractivity contribution in [2.75, 3.05) is 0 Å². The number of carbonyl (C=O) groups excluding carboxylic acids is 1. The summed E-state index contributed by atoms with van der Waals surface area (Å²) in [5.41, 5.74) is 4.99. The van der Waals surface area contributed by atoms with E-state index in [-0.39, 0.29) is 17.4 Å². The van der Waals surface area contributed by atoms with Crippen molar-refractivity contribution in [3.05, 3.63) is 59.2 Å². The highest BCUT2D eigenvalue weighted by Crippen LogP contribution is 2.46. The van der Waals surface area contributed by atoms with E-state index in [2.05, 4.69) is 46.4 Å². The maximum Gasteiger partial charge on any atom is 0.126 e. The second-order valence-corrected chi connectivity index (χ2v) is 8.30. The zero-order chi connectivity index (χ0) is 19.2. The maximum atomic E-state index is 12.0. The Balaban J connectivity index is 2.06. The molecule has 1 fully saturated rings. The summed E-state index contributed by atoms with van der Waals surface area (Å²) < 4.78 is 6.21. The van der Waals surface area contributed by atoms with Gasteiger partial charge >= 0.3 is 0 Å². The predicted octanol–water partition coefficient (Wildman–Crippen LogP) is 6.27. The Morgan fingerprint density at radius 3 is 2.54 bits per heavy atom. The molecule has 1 aliphatic rings. The van der Waals surface area contributed by atoms with Crippen molar-refractivity contribution in [2.24, 2.45) is 11.3 Å². The maximum absolute atomic E-state index is 12.0. The minimum atomic E-state index is -0.0384. The summed E-state index contributed by atoms with van der Waals surface area (Å²) in [5, 5.41) is 0. The van der Waals surface area contributed by atoms with Crippen LogP contribution in [0.25, 0.3) is 0 Å². The van der Waals surface area contributed by atoms with Gasteiger partial charge in [-0.2, -0.15) is 0 Å². The average molecular weight is 355 g/mol. The molecule has 0 N–H and O–H groups in total. The lowest BCUT2D eigenvalue weighted by atomic mass is 9.64. The van der Waals surface area contributed by atoms with E-state index in [1.54, 1.807) is 0 Å². The van der Waals surface area contributed by atoms with E-state index in [0.29, 0.717) is 6.61 Å². The summed E-state index contributed by atoms with van der Waals surface area (Å²) in [6.45, 7) is 13.4. The molecule has 26 heavy (non-hydrogen) atoms. The Morgan fingerprint density at radius 1 is 1.27 bits per heavy atom. The molecule has 1 aliphatic carbocycles. The molecule has 0 aliphatic heterocycles. The second kappa shape index (κ2) is 9.32. The molecule has 0 spiro atoms. The minimum absolute atomic E-state index is 0.00248. The summed E-state index contributed by atoms with van der Waals surface area (Å²) in [6.07, 6.45) is 6.36. The molecule has 3 atom stereocenters. The van der Waals surface area contributed by atoms with E-state index in [4.69, 9.17) is 4.74 Å². The lowest BCUT2D eigenvalue weighted by Crippen LogP contribution is -2.42. The molecule has 0 heterocycles. The molecule has 2 heteroatoms. The smallest absolute Gasteiger partial charge is 0.126 e. The summed E-state index contributed by atoms with van der Waals surface area (Å²) in [7, 11) is 0. The van der Waals surface area contributed by atoms with E-state index < -0.39 is 0 Å². The monoisotopic (exact) mass is 354 g/mol. The molecule has 1 aromatic rings. The van der Waals surface area contributed by atoms with Crippen molar-refractivity contribution in [1.82, 2.24) is 0 Å². The van der Waals surface area contributed by atoms with Gasteiger partial charge in [-0.15, -0.1) is 0 Å². The highest BCUT2D eigenvalue weighted by Gasteiger charge is 2.42. The molecule has 0 aromatic heterocycles.